The average molecular weight is 352 g/mol. The van der Waals surface area contributed by atoms with Gasteiger partial charge in [-0.3, -0.25) is 4.79 Å². The van der Waals surface area contributed by atoms with Crippen LogP contribution >= 0.6 is 22.0 Å². The summed E-state index contributed by atoms with van der Waals surface area (Å²) in [7, 11) is -9.84. The SMILES string of the molecule is CC(=O)SCC(O)C(O)c1cccc(S(F)(F)(F)(F)F)c1. The zero-order chi connectivity index (χ0) is 16.5. The van der Waals surface area contributed by atoms with E-state index in [1.807, 2.05) is 0 Å². The molecule has 0 spiro atoms. The smallest absolute Gasteiger partial charge is 0.310 e. The Bertz CT molecular complexity index is 546. The molecule has 1 rings (SSSR count). The quantitative estimate of drug-likeness (QED) is 0.786. The van der Waals surface area contributed by atoms with Crippen molar-refractivity contribution in [3.63, 3.8) is 0 Å². The largest absolute Gasteiger partial charge is 0.389 e. The van der Waals surface area contributed by atoms with Crippen LogP contribution in [0.1, 0.15) is 18.6 Å². The van der Waals surface area contributed by atoms with Gasteiger partial charge in [0.1, 0.15) is 11.0 Å². The lowest BCUT2D eigenvalue weighted by molar-refractivity contribution is -0.109. The molecule has 0 aliphatic carbocycles. The molecule has 1 aromatic rings. The van der Waals surface area contributed by atoms with Crippen LogP contribution < -0.4 is 0 Å². The molecule has 2 N–H and O–H groups in total. The van der Waals surface area contributed by atoms with Gasteiger partial charge >= 0.3 is 10.2 Å². The molecule has 0 fully saturated rings. The van der Waals surface area contributed by atoms with Gasteiger partial charge in [-0.05, 0) is 17.7 Å². The van der Waals surface area contributed by atoms with Gasteiger partial charge in [0.25, 0.3) is 0 Å². The van der Waals surface area contributed by atoms with Crippen molar-refractivity contribution in [1.29, 1.82) is 0 Å². The number of halogens is 5. The van der Waals surface area contributed by atoms with E-state index in [-0.39, 0.29) is 23.0 Å². The Hall–Kier alpha value is -0.840. The van der Waals surface area contributed by atoms with Crippen LogP contribution in [0.3, 0.4) is 0 Å². The fourth-order valence-corrected chi connectivity index (χ4v) is 2.74. The second-order valence-corrected chi connectivity index (χ2v) is 7.96. The Kier molecular flexibility index (Phi) is 4.43. The van der Waals surface area contributed by atoms with Crippen LogP contribution in [0.5, 0.6) is 0 Å². The fraction of sp³-hybridized carbons (Fsp3) is 0.364. The summed E-state index contributed by atoms with van der Waals surface area (Å²) in [4.78, 5) is 8.56. The first-order valence-corrected chi connectivity index (χ1v) is 8.48. The number of benzene rings is 1. The van der Waals surface area contributed by atoms with Gasteiger partial charge in [-0.25, -0.2) is 0 Å². The van der Waals surface area contributed by atoms with E-state index < -0.39 is 32.9 Å². The van der Waals surface area contributed by atoms with Gasteiger partial charge in [-0.2, -0.15) is 0 Å². The van der Waals surface area contributed by atoms with Crippen molar-refractivity contribution < 1.29 is 34.4 Å². The molecule has 21 heavy (non-hydrogen) atoms. The van der Waals surface area contributed by atoms with Gasteiger partial charge in [0, 0.05) is 12.7 Å². The molecule has 122 valence electrons. The molecule has 1 aromatic carbocycles. The van der Waals surface area contributed by atoms with Crippen molar-refractivity contribution in [2.45, 2.75) is 24.0 Å². The highest BCUT2D eigenvalue weighted by molar-refractivity contribution is 8.45. The lowest BCUT2D eigenvalue weighted by Crippen LogP contribution is -2.21. The number of carbonyl (C=O) groups is 1. The van der Waals surface area contributed by atoms with Gasteiger partial charge in [-0.1, -0.05) is 43.3 Å². The van der Waals surface area contributed by atoms with E-state index in [1.54, 1.807) is 0 Å². The van der Waals surface area contributed by atoms with E-state index in [4.69, 9.17) is 0 Å². The summed E-state index contributed by atoms with van der Waals surface area (Å²) < 4.78 is 63.3. The summed E-state index contributed by atoms with van der Waals surface area (Å²) in [6, 6.07) is 2.01. The Labute approximate surface area is 121 Å². The van der Waals surface area contributed by atoms with Crippen molar-refractivity contribution in [1.82, 2.24) is 0 Å². The fourth-order valence-electron chi connectivity index (χ4n) is 1.45. The second-order valence-electron chi connectivity index (χ2n) is 4.36. The minimum Gasteiger partial charge on any atom is -0.389 e. The number of thioether (sulfide) groups is 1. The summed E-state index contributed by atoms with van der Waals surface area (Å²) in [6.07, 6.45) is -3.37. The van der Waals surface area contributed by atoms with Crippen molar-refractivity contribution in [2.24, 2.45) is 0 Å². The highest BCUT2D eigenvalue weighted by Crippen LogP contribution is 3.02. The van der Waals surface area contributed by atoms with E-state index in [2.05, 4.69) is 0 Å². The maximum Gasteiger partial charge on any atom is 0.310 e. The third-order valence-electron chi connectivity index (χ3n) is 2.47. The number of rotatable bonds is 5. The topological polar surface area (TPSA) is 57.5 Å². The van der Waals surface area contributed by atoms with Crippen molar-refractivity contribution in [2.75, 3.05) is 5.75 Å². The first-order chi connectivity index (χ1) is 9.20. The second kappa shape index (κ2) is 5.11. The standard InChI is InChI=1S/C11H13F5O3S2/c1-7(17)20-6-10(18)11(19)8-3-2-4-9(5-8)21(12,13,14,15)16/h2-5,10-11,18-19H,6H2,1H3. The van der Waals surface area contributed by atoms with Crippen LogP contribution in [-0.4, -0.2) is 27.2 Å². The van der Waals surface area contributed by atoms with E-state index in [1.165, 1.54) is 6.92 Å². The molecule has 0 heterocycles. The number of carbonyl (C=O) groups excluding carboxylic acids is 1. The van der Waals surface area contributed by atoms with E-state index >= 15 is 0 Å². The highest BCUT2D eigenvalue weighted by atomic mass is 32.5. The zero-order valence-corrected chi connectivity index (χ0v) is 12.3. The van der Waals surface area contributed by atoms with Crippen LogP contribution in [0.15, 0.2) is 29.2 Å². The summed E-state index contributed by atoms with van der Waals surface area (Å²) >= 11 is 0.659. The molecule has 2 atom stereocenters. The number of hydrogen-bond donors (Lipinski definition) is 2. The van der Waals surface area contributed by atoms with Gasteiger partial charge in [0.05, 0.1) is 6.10 Å². The Morgan fingerprint density at radius 1 is 1.24 bits per heavy atom. The molecule has 0 radical (unpaired) electrons. The molecular weight excluding hydrogens is 339 g/mol. The van der Waals surface area contributed by atoms with Crippen LogP contribution in [0.4, 0.5) is 19.4 Å². The monoisotopic (exact) mass is 352 g/mol. The van der Waals surface area contributed by atoms with E-state index in [0.717, 1.165) is 12.1 Å². The van der Waals surface area contributed by atoms with Crippen molar-refractivity contribution >= 4 is 27.1 Å². The van der Waals surface area contributed by atoms with Crippen molar-refractivity contribution in [3.05, 3.63) is 29.8 Å². The van der Waals surface area contributed by atoms with Crippen LogP contribution in [-0.2, 0) is 4.79 Å². The van der Waals surface area contributed by atoms with Crippen LogP contribution in [0.25, 0.3) is 0 Å². The van der Waals surface area contributed by atoms with Crippen LogP contribution in [0.2, 0.25) is 0 Å². The van der Waals surface area contributed by atoms with Gasteiger partial charge in [-0.15, -0.1) is 0 Å². The minimum absolute atomic E-state index is 0.105. The van der Waals surface area contributed by atoms with Gasteiger partial charge in [0.15, 0.2) is 5.12 Å². The molecule has 2 unspecified atom stereocenters. The summed E-state index contributed by atoms with van der Waals surface area (Å²) in [5.41, 5.74) is -0.502. The molecule has 0 amide bonds. The predicted molar refractivity (Wildman–Crippen MR) is 71.9 cm³/mol. The Morgan fingerprint density at radius 3 is 2.29 bits per heavy atom. The normalized spacial score (nSPS) is 18.5. The molecule has 0 aliphatic heterocycles. The summed E-state index contributed by atoms with van der Waals surface area (Å²) in [5.74, 6) is -0.267. The number of aliphatic hydroxyl groups excluding tert-OH is 2. The molecule has 0 saturated carbocycles. The molecule has 3 nitrogen and oxygen atoms in total. The molecular formula is C11H13F5O3S2. The van der Waals surface area contributed by atoms with E-state index in [0.29, 0.717) is 11.8 Å². The first kappa shape index (κ1) is 18.2. The third kappa shape index (κ3) is 5.46. The third-order valence-corrected chi connectivity index (χ3v) is 4.53. The molecule has 0 saturated heterocycles. The average Bonchev–Trinajstić information content (AvgIpc) is 2.32. The maximum atomic E-state index is 12.7. The Morgan fingerprint density at radius 2 is 1.81 bits per heavy atom. The first-order valence-electron chi connectivity index (χ1n) is 5.54. The predicted octanol–water partition coefficient (Wildman–Crippen LogP) is 4.02. The Balaban J connectivity index is 3.04. The lowest BCUT2D eigenvalue weighted by Gasteiger charge is -2.40. The summed E-state index contributed by atoms with van der Waals surface area (Å²) in [5, 5.41) is 18.9. The van der Waals surface area contributed by atoms with Crippen molar-refractivity contribution in [3.8, 4) is 0 Å². The summed E-state index contributed by atoms with van der Waals surface area (Å²) in [6.45, 7) is 1.21. The molecule has 0 aliphatic rings. The molecule has 0 aromatic heterocycles. The lowest BCUT2D eigenvalue weighted by atomic mass is 10.1. The maximum absolute atomic E-state index is 12.7. The van der Waals surface area contributed by atoms with Crippen LogP contribution in [0, 0.1) is 0 Å². The zero-order valence-electron chi connectivity index (χ0n) is 10.7. The van der Waals surface area contributed by atoms with Gasteiger partial charge < -0.3 is 10.2 Å². The number of hydrogen-bond acceptors (Lipinski definition) is 4. The van der Waals surface area contributed by atoms with E-state index in [9.17, 15) is 34.4 Å². The minimum atomic E-state index is -9.84. The highest BCUT2D eigenvalue weighted by Gasteiger charge is 2.65. The molecule has 0 bridgehead atoms. The number of aliphatic hydroxyl groups is 2. The van der Waals surface area contributed by atoms with Gasteiger partial charge in [0.2, 0.25) is 0 Å². The molecule has 10 heteroatoms.